The predicted molar refractivity (Wildman–Crippen MR) is 77.7 cm³/mol. The molecule has 0 spiro atoms. The summed E-state index contributed by atoms with van der Waals surface area (Å²) in [6, 6.07) is 4.67. The third kappa shape index (κ3) is 3.89. The summed E-state index contributed by atoms with van der Waals surface area (Å²) in [5.74, 6) is 2.16. The molecule has 1 atom stereocenters. The van der Waals surface area contributed by atoms with Gasteiger partial charge in [-0.1, -0.05) is 6.92 Å². The van der Waals surface area contributed by atoms with Crippen LogP contribution < -0.4 is 10.6 Å². The smallest absolute Gasteiger partial charge is 0.129 e. The molecule has 0 aliphatic rings. The minimum absolute atomic E-state index is 0.532. The molecular weight excluding hydrogens is 230 g/mol. The van der Waals surface area contributed by atoms with E-state index in [0.717, 1.165) is 29.2 Å². The van der Waals surface area contributed by atoms with E-state index in [9.17, 15) is 0 Å². The van der Waals surface area contributed by atoms with Crippen molar-refractivity contribution in [3.8, 4) is 0 Å². The summed E-state index contributed by atoms with van der Waals surface area (Å²) in [6.07, 6.45) is 3.27. The molecule has 2 N–H and O–H groups in total. The molecule has 0 aliphatic carbocycles. The lowest BCUT2D eigenvalue weighted by atomic mass is 10.2. The van der Waals surface area contributed by atoms with Crippen LogP contribution in [0.4, 0.5) is 5.82 Å². The molecule has 1 heterocycles. The second-order valence-electron chi connectivity index (χ2n) is 4.31. The van der Waals surface area contributed by atoms with Crippen LogP contribution in [0.15, 0.2) is 12.1 Å². The maximum atomic E-state index is 5.70. The summed E-state index contributed by atoms with van der Waals surface area (Å²) in [7, 11) is 2.12. The van der Waals surface area contributed by atoms with Crippen LogP contribution in [-0.2, 0) is 6.54 Å². The zero-order valence-electron chi connectivity index (χ0n) is 11.2. The maximum Gasteiger partial charge on any atom is 0.129 e. The average molecular weight is 253 g/mol. The highest BCUT2D eigenvalue weighted by molar-refractivity contribution is 7.98. The van der Waals surface area contributed by atoms with Gasteiger partial charge in [0.15, 0.2) is 0 Å². The first-order valence-corrected chi connectivity index (χ1v) is 7.41. The number of aromatic nitrogens is 1. The molecule has 17 heavy (non-hydrogen) atoms. The van der Waals surface area contributed by atoms with Crippen LogP contribution in [0.25, 0.3) is 0 Å². The Hall–Kier alpha value is -0.740. The van der Waals surface area contributed by atoms with Crippen molar-refractivity contribution >= 4 is 17.6 Å². The number of thioether (sulfide) groups is 1. The highest BCUT2D eigenvalue weighted by atomic mass is 32.2. The van der Waals surface area contributed by atoms with Gasteiger partial charge in [0.25, 0.3) is 0 Å². The fraction of sp³-hybridized carbons (Fsp3) is 0.615. The van der Waals surface area contributed by atoms with Gasteiger partial charge in [-0.3, -0.25) is 0 Å². The summed E-state index contributed by atoms with van der Waals surface area (Å²) in [5, 5.41) is 0. The second kappa shape index (κ2) is 6.87. The molecule has 0 saturated heterocycles. The molecule has 0 amide bonds. The van der Waals surface area contributed by atoms with Gasteiger partial charge in [-0.2, -0.15) is 11.8 Å². The van der Waals surface area contributed by atoms with Gasteiger partial charge < -0.3 is 10.6 Å². The van der Waals surface area contributed by atoms with E-state index >= 15 is 0 Å². The van der Waals surface area contributed by atoms with Crippen molar-refractivity contribution in [2.75, 3.05) is 24.0 Å². The molecule has 0 aliphatic heterocycles. The molecule has 0 saturated carbocycles. The number of hydrogen-bond donors (Lipinski definition) is 1. The number of nitrogens with zero attached hydrogens (tertiary/aromatic N) is 2. The average Bonchev–Trinajstić information content (AvgIpc) is 2.34. The van der Waals surface area contributed by atoms with Crippen LogP contribution in [0.1, 0.15) is 24.6 Å². The van der Waals surface area contributed by atoms with E-state index in [4.69, 9.17) is 5.73 Å². The fourth-order valence-electron chi connectivity index (χ4n) is 1.90. The van der Waals surface area contributed by atoms with Crippen LogP contribution in [0, 0.1) is 6.92 Å². The van der Waals surface area contributed by atoms with Crippen LogP contribution in [0.5, 0.6) is 0 Å². The number of hydrogen-bond acceptors (Lipinski definition) is 4. The van der Waals surface area contributed by atoms with Gasteiger partial charge in [0, 0.05) is 31.1 Å². The van der Waals surface area contributed by atoms with Crippen LogP contribution >= 0.6 is 11.8 Å². The zero-order valence-corrected chi connectivity index (χ0v) is 12.0. The number of pyridine rings is 1. The molecule has 3 nitrogen and oxygen atoms in total. The minimum Gasteiger partial charge on any atom is -0.356 e. The van der Waals surface area contributed by atoms with Gasteiger partial charge in [-0.05, 0) is 37.3 Å². The quantitative estimate of drug-likeness (QED) is 0.845. The number of aryl methyl sites for hydroxylation is 1. The van der Waals surface area contributed by atoms with Gasteiger partial charge in [-0.15, -0.1) is 0 Å². The number of nitrogens with two attached hydrogens (primary N) is 1. The highest BCUT2D eigenvalue weighted by Gasteiger charge is 2.14. The lowest BCUT2D eigenvalue weighted by Crippen LogP contribution is -2.34. The van der Waals surface area contributed by atoms with Crippen LogP contribution in [-0.4, -0.2) is 30.1 Å². The largest absolute Gasteiger partial charge is 0.356 e. The standard InChI is InChI=1S/C13H23N3S/c1-5-12(9-17-4)16(3)13-7-11(8-14)6-10(2)15-13/h6-7,12H,5,8-9,14H2,1-4H3. The molecule has 1 rings (SSSR count). The first-order chi connectivity index (χ1) is 8.12. The van der Waals surface area contributed by atoms with E-state index in [0.29, 0.717) is 12.6 Å². The van der Waals surface area contributed by atoms with E-state index in [1.807, 2.05) is 24.8 Å². The maximum absolute atomic E-state index is 5.70. The van der Waals surface area contributed by atoms with Crippen molar-refractivity contribution in [2.24, 2.45) is 5.73 Å². The molecule has 1 aromatic heterocycles. The summed E-state index contributed by atoms with van der Waals surface area (Å²) in [5.41, 5.74) is 7.89. The van der Waals surface area contributed by atoms with Crippen molar-refractivity contribution in [3.63, 3.8) is 0 Å². The summed E-state index contributed by atoms with van der Waals surface area (Å²) in [4.78, 5) is 6.86. The molecule has 4 heteroatoms. The molecule has 0 fully saturated rings. The third-order valence-electron chi connectivity index (χ3n) is 2.97. The lowest BCUT2D eigenvalue weighted by Gasteiger charge is -2.28. The Kier molecular flexibility index (Phi) is 5.78. The van der Waals surface area contributed by atoms with Crippen molar-refractivity contribution in [3.05, 3.63) is 23.4 Å². The van der Waals surface area contributed by atoms with Crippen molar-refractivity contribution < 1.29 is 0 Å². The summed E-state index contributed by atoms with van der Waals surface area (Å²) in [6.45, 7) is 4.81. The SMILES string of the molecule is CCC(CSC)N(C)c1cc(CN)cc(C)n1. The number of anilines is 1. The van der Waals surface area contributed by atoms with Crippen LogP contribution in [0.3, 0.4) is 0 Å². The van der Waals surface area contributed by atoms with E-state index < -0.39 is 0 Å². The van der Waals surface area contributed by atoms with E-state index in [1.54, 1.807) is 0 Å². The molecule has 1 unspecified atom stereocenters. The monoisotopic (exact) mass is 253 g/mol. The predicted octanol–water partition coefficient (Wildman–Crippen LogP) is 2.43. The molecule has 0 bridgehead atoms. The first-order valence-electron chi connectivity index (χ1n) is 6.01. The van der Waals surface area contributed by atoms with Crippen molar-refractivity contribution in [1.29, 1.82) is 0 Å². The fourth-order valence-corrected chi connectivity index (χ4v) is 2.75. The van der Waals surface area contributed by atoms with E-state index in [2.05, 4.69) is 36.2 Å². The third-order valence-corrected chi connectivity index (χ3v) is 3.69. The first kappa shape index (κ1) is 14.3. The molecule has 0 radical (unpaired) electrons. The van der Waals surface area contributed by atoms with Gasteiger partial charge in [-0.25, -0.2) is 4.98 Å². The zero-order chi connectivity index (χ0) is 12.8. The Morgan fingerprint density at radius 3 is 2.71 bits per heavy atom. The van der Waals surface area contributed by atoms with Gasteiger partial charge in [0.05, 0.1) is 0 Å². The van der Waals surface area contributed by atoms with Gasteiger partial charge in [0.1, 0.15) is 5.82 Å². The number of rotatable bonds is 6. The highest BCUT2D eigenvalue weighted by Crippen LogP contribution is 2.19. The Bertz CT molecular complexity index is 355. The van der Waals surface area contributed by atoms with Crippen molar-refractivity contribution in [1.82, 2.24) is 4.98 Å². The Morgan fingerprint density at radius 2 is 2.18 bits per heavy atom. The Balaban J connectivity index is 2.93. The minimum atomic E-state index is 0.532. The Labute approximate surface area is 109 Å². The summed E-state index contributed by atoms with van der Waals surface area (Å²) < 4.78 is 0. The van der Waals surface area contributed by atoms with Gasteiger partial charge >= 0.3 is 0 Å². The normalized spacial score (nSPS) is 12.5. The van der Waals surface area contributed by atoms with Crippen molar-refractivity contribution in [2.45, 2.75) is 32.9 Å². The van der Waals surface area contributed by atoms with Crippen LogP contribution in [0.2, 0.25) is 0 Å². The Morgan fingerprint density at radius 1 is 1.47 bits per heavy atom. The van der Waals surface area contributed by atoms with E-state index in [-0.39, 0.29) is 0 Å². The molecule has 1 aromatic rings. The summed E-state index contributed by atoms with van der Waals surface area (Å²) >= 11 is 1.88. The molecular formula is C13H23N3S. The lowest BCUT2D eigenvalue weighted by molar-refractivity contribution is 0.664. The molecule has 0 aromatic carbocycles. The molecule has 96 valence electrons. The van der Waals surface area contributed by atoms with Gasteiger partial charge in [0.2, 0.25) is 0 Å². The van der Waals surface area contributed by atoms with E-state index in [1.165, 1.54) is 0 Å². The topological polar surface area (TPSA) is 42.1 Å². The second-order valence-corrected chi connectivity index (χ2v) is 5.22.